The standard InChI is InChI=1S/C20H21ClN4O5S2/c1-31(27,28)16-5-2-14(3-6-16)20(26)25-10-8-24(9-11-25)13-19-22-17-7-4-15(21)12-18(17)32(29,30)23-19/h2-7,12H,8-11,13H2,1H3,(H,22,23). The number of hydrogen-bond acceptors (Lipinski definition) is 7. The Balaban J connectivity index is 1.38. The van der Waals surface area contributed by atoms with Gasteiger partial charge in [-0.3, -0.25) is 9.69 Å². The number of piperazine rings is 1. The van der Waals surface area contributed by atoms with Crippen LogP contribution in [0.15, 0.2) is 56.7 Å². The smallest absolute Gasteiger partial charge is 0.286 e. The fourth-order valence-electron chi connectivity index (χ4n) is 3.60. The Morgan fingerprint density at radius 3 is 2.38 bits per heavy atom. The van der Waals surface area contributed by atoms with Crippen molar-refractivity contribution in [1.82, 2.24) is 9.80 Å². The van der Waals surface area contributed by atoms with Gasteiger partial charge in [-0.1, -0.05) is 11.6 Å². The van der Waals surface area contributed by atoms with Crippen LogP contribution in [0.4, 0.5) is 5.69 Å². The molecule has 0 saturated carbocycles. The van der Waals surface area contributed by atoms with Crippen molar-refractivity contribution in [2.45, 2.75) is 9.79 Å². The summed E-state index contributed by atoms with van der Waals surface area (Å²) in [5.74, 6) is 0.141. The number of sulfone groups is 1. The first kappa shape index (κ1) is 22.7. The third-order valence-electron chi connectivity index (χ3n) is 5.29. The van der Waals surface area contributed by atoms with E-state index < -0.39 is 19.9 Å². The molecule has 2 aromatic carbocycles. The summed E-state index contributed by atoms with van der Waals surface area (Å²) in [4.78, 5) is 16.7. The summed E-state index contributed by atoms with van der Waals surface area (Å²) < 4.78 is 52.0. The number of nitrogens with zero attached hydrogens (tertiary/aromatic N) is 3. The zero-order chi connectivity index (χ0) is 23.1. The van der Waals surface area contributed by atoms with Crippen molar-refractivity contribution >= 4 is 48.9 Å². The Bertz CT molecular complexity index is 1300. The Hall–Kier alpha value is -2.47. The normalized spacial score (nSPS) is 18.4. The summed E-state index contributed by atoms with van der Waals surface area (Å²) >= 11 is 5.90. The second kappa shape index (κ2) is 8.47. The molecule has 2 aliphatic rings. The van der Waals surface area contributed by atoms with E-state index in [1.165, 1.54) is 30.3 Å². The van der Waals surface area contributed by atoms with Crippen LogP contribution in [0.5, 0.6) is 0 Å². The van der Waals surface area contributed by atoms with Gasteiger partial charge < -0.3 is 10.2 Å². The first-order valence-corrected chi connectivity index (χ1v) is 13.5. The molecule has 170 valence electrons. The molecular weight excluding hydrogens is 476 g/mol. The number of anilines is 1. The fraction of sp³-hybridized carbons (Fsp3) is 0.300. The van der Waals surface area contributed by atoms with Gasteiger partial charge in [0.1, 0.15) is 10.7 Å². The molecule has 1 saturated heterocycles. The van der Waals surface area contributed by atoms with Gasteiger partial charge in [0.2, 0.25) is 0 Å². The van der Waals surface area contributed by atoms with E-state index in [9.17, 15) is 21.6 Å². The second-order valence-corrected chi connectivity index (χ2v) is 11.7. The van der Waals surface area contributed by atoms with Gasteiger partial charge in [0.25, 0.3) is 15.9 Å². The number of amidine groups is 1. The molecule has 0 aromatic heterocycles. The van der Waals surface area contributed by atoms with Gasteiger partial charge >= 0.3 is 0 Å². The van der Waals surface area contributed by atoms with Crippen molar-refractivity contribution in [2.75, 3.05) is 44.3 Å². The lowest BCUT2D eigenvalue weighted by atomic mass is 10.2. The Kier molecular flexibility index (Phi) is 6.01. The van der Waals surface area contributed by atoms with Gasteiger partial charge in [0.05, 0.1) is 17.1 Å². The van der Waals surface area contributed by atoms with Crippen LogP contribution in [-0.4, -0.2) is 77.4 Å². The topological polar surface area (TPSA) is 116 Å². The van der Waals surface area contributed by atoms with E-state index in [1.807, 2.05) is 4.90 Å². The molecule has 0 radical (unpaired) electrons. The molecule has 0 aliphatic carbocycles. The van der Waals surface area contributed by atoms with E-state index in [2.05, 4.69) is 9.71 Å². The predicted molar refractivity (Wildman–Crippen MR) is 122 cm³/mol. The highest BCUT2D eigenvalue weighted by atomic mass is 35.5. The summed E-state index contributed by atoms with van der Waals surface area (Å²) in [6.45, 7) is 2.30. The van der Waals surface area contributed by atoms with Crippen LogP contribution in [0.3, 0.4) is 0 Å². The maximum Gasteiger partial charge on any atom is 0.286 e. The van der Waals surface area contributed by atoms with Gasteiger partial charge in [-0.25, -0.2) is 8.42 Å². The zero-order valence-corrected chi connectivity index (χ0v) is 19.5. The monoisotopic (exact) mass is 496 g/mol. The number of halogens is 1. The lowest BCUT2D eigenvalue weighted by Crippen LogP contribution is -2.50. The average Bonchev–Trinajstić information content (AvgIpc) is 2.73. The number of carbonyl (C=O) groups is 1. The molecule has 32 heavy (non-hydrogen) atoms. The molecule has 2 aromatic rings. The number of carbonyl (C=O) groups excluding carboxylic acids is 1. The maximum absolute atomic E-state index is 12.7. The minimum Gasteiger partial charge on any atom is -0.341 e. The number of benzene rings is 2. The highest BCUT2D eigenvalue weighted by molar-refractivity contribution is 7.91. The van der Waals surface area contributed by atoms with Crippen molar-refractivity contribution in [1.29, 1.82) is 0 Å². The molecule has 0 spiro atoms. The first-order chi connectivity index (χ1) is 15.0. The third-order valence-corrected chi connectivity index (χ3v) is 8.01. The highest BCUT2D eigenvalue weighted by Crippen LogP contribution is 2.30. The summed E-state index contributed by atoms with van der Waals surface area (Å²) in [6.07, 6.45) is 1.12. The summed E-state index contributed by atoms with van der Waals surface area (Å²) in [5, 5.41) is 3.36. The fourth-order valence-corrected chi connectivity index (χ4v) is 5.63. The molecule has 4 rings (SSSR count). The Labute approximate surface area is 191 Å². The molecule has 0 bridgehead atoms. The van der Waals surface area contributed by atoms with Crippen molar-refractivity contribution in [2.24, 2.45) is 4.40 Å². The SMILES string of the molecule is CS(=O)(=O)c1ccc(C(=O)N2CCN(CC3=NS(=O)(=O)c4cc(Cl)ccc4N3)CC2)cc1. The van der Waals surface area contributed by atoms with Crippen LogP contribution < -0.4 is 5.32 Å². The van der Waals surface area contributed by atoms with E-state index in [-0.39, 0.29) is 15.7 Å². The van der Waals surface area contributed by atoms with Crippen molar-refractivity contribution in [3.63, 3.8) is 0 Å². The summed E-state index contributed by atoms with van der Waals surface area (Å²) in [6, 6.07) is 10.5. The molecule has 2 heterocycles. The van der Waals surface area contributed by atoms with Gasteiger partial charge in [-0.2, -0.15) is 8.42 Å². The zero-order valence-electron chi connectivity index (χ0n) is 17.2. The van der Waals surface area contributed by atoms with E-state index in [4.69, 9.17) is 11.6 Å². The quantitative estimate of drug-likeness (QED) is 0.684. The van der Waals surface area contributed by atoms with Crippen LogP contribution >= 0.6 is 11.6 Å². The molecule has 12 heteroatoms. The largest absolute Gasteiger partial charge is 0.341 e. The van der Waals surface area contributed by atoms with Gasteiger partial charge in [0, 0.05) is 43.0 Å². The number of nitrogens with one attached hydrogen (secondary N) is 1. The van der Waals surface area contributed by atoms with Crippen molar-refractivity contribution < 1.29 is 21.6 Å². The van der Waals surface area contributed by atoms with E-state index in [0.717, 1.165) is 6.26 Å². The molecular formula is C20H21ClN4O5S2. The predicted octanol–water partition coefficient (Wildman–Crippen LogP) is 1.71. The minimum absolute atomic E-state index is 0.0473. The number of fused-ring (bicyclic) bond motifs is 1. The van der Waals surface area contributed by atoms with Crippen molar-refractivity contribution in [3.05, 3.63) is 53.1 Å². The van der Waals surface area contributed by atoms with E-state index in [1.54, 1.807) is 17.0 Å². The maximum atomic E-state index is 12.7. The van der Waals surface area contributed by atoms with Gasteiger partial charge in [0.15, 0.2) is 9.84 Å². The lowest BCUT2D eigenvalue weighted by molar-refractivity contribution is 0.0654. The Morgan fingerprint density at radius 2 is 1.75 bits per heavy atom. The average molecular weight is 497 g/mol. The second-order valence-electron chi connectivity index (χ2n) is 7.64. The highest BCUT2D eigenvalue weighted by Gasteiger charge is 2.28. The number of amides is 1. The van der Waals surface area contributed by atoms with Crippen molar-refractivity contribution in [3.8, 4) is 0 Å². The van der Waals surface area contributed by atoms with Crippen LogP contribution in [0, 0.1) is 0 Å². The molecule has 1 N–H and O–H groups in total. The van der Waals surface area contributed by atoms with Crippen LogP contribution in [0.1, 0.15) is 10.4 Å². The molecule has 0 atom stereocenters. The van der Waals surface area contributed by atoms with Crippen LogP contribution in [-0.2, 0) is 19.9 Å². The van der Waals surface area contributed by atoms with Gasteiger partial charge in [-0.05, 0) is 42.5 Å². The van der Waals surface area contributed by atoms with Crippen LogP contribution in [0.25, 0.3) is 0 Å². The minimum atomic E-state index is -3.83. The summed E-state index contributed by atoms with van der Waals surface area (Å²) in [5.41, 5.74) is 0.858. The van der Waals surface area contributed by atoms with Gasteiger partial charge in [-0.15, -0.1) is 4.40 Å². The molecule has 9 nitrogen and oxygen atoms in total. The molecule has 1 fully saturated rings. The van der Waals surface area contributed by atoms with Crippen LogP contribution in [0.2, 0.25) is 5.02 Å². The molecule has 1 amide bonds. The number of hydrogen-bond donors (Lipinski definition) is 1. The number of sulfonamides is 1. The lowest BCUT2D eigenvalue weighted by Gasteiger charge is -2.35. The Morgan fingerprint density at radius 1 is 1.09 bits per heavy atom. The number of rotatable bonds is 4. The third kappa shape index (κ3) is 4.80. The molecule has 0 unspecified atom stereocenters. The summed E-state index contributed by atoms with van der Waals surface area (Å²) in [7, 11) is -7.15. The first-order valence-electron chi connectivity index (χ1n) is 9.75. The van der Waals surface area contributed by atoms with E-state index >= 15 is 0 Å². The van der Waals surface area contributed by atoms with E-state index in [0.29, 0.717) is 54.8 Å². The molecule has 2 aliphatic heterocycles.